The minimum Gasteiger partial charge on any atom is -0.506 e. The normalized spacial score (nSPS) is 12.2. The highest BCUT2D eigenvalue weighted by molar-refractivity contribution is 6.30. The molecule has 0 bridgehead atoms. The van der Waals surface area contributed by atoms with E-state index in [1.54, 1.807) is 55.5 Å². The number of phenols is 1. The number of amides is 1. The molecule has 0 saturated heterocycles. The lowest BCUT2D eigenvalue weighted by molar-refractivity contribution is 0.102. The molecule has 27 heavy (non-hydrogen) atoms. The van der Waals surface area contributed by atoms with Crippen molar-refractivity contribution in [1.29, 1.82) is 0 Å². The highest BCUT2D eigenvalue weighted by atomic mass is 35.5. The van der Waals surface area contributed by atoms with Crippen LogP contribution in [0.4, 0.5) is 11.4 Å². The number of nitrogens with two attached hydrogens (primary N) is 1. The first-order chi connectivity index (χ1) is 12.9. The molecule has 0 atom stereocenters. The molecule has 0 aromatic heterocycles. The van der Waals surface area contributed by atoms with Crippen molar-refractivity contribution in [2.45, 2.75) is 6.92 Å². The summed E-state index contributed by atoms with van der Waals surface area (Å²) in [6.45, 7) is 1.71. The van der Waals surface area contributed by atoms with Crippen LogP contribution in [0, 0.1) is 0 Å². The second-order valence-electron chi connectivity index (χ2n) is 5.95. The third-order valence-corrected chi connectivity index (χ3v) is 3.98. The number of hydrogen-bond acceptors (Lipinski definition) is 3. The van der Waals surface area contributed by atoms with E-state index in [1.165, 1.54) is 0 Å². The molecule has 0 radical (unpaired) electrons. The van der Waals surface area contributed by atoms with E-state index in [1.807, 2.05) is 18.2 Å². The van der Waals surface area contributed by atoms with Crippen molar-refractivity contribution in [3.8, 4) is 5.75 Å². The molecule has 3 aromatic rings. The lowest BCUT2D eigenvalue weighted by Gasteiger charge is -2.09. The fourth-order valence-corrected chi connectivity index (χ4v) is 2.75. The minimum absolute atomic E-state index is 0.0391. The fourth-order valence-electron chi connectivity index (χ4n) is 2.64. The summed E-state index contributed by atoms with van der Waals surface area (Å²) < 4.78 is 0. The summed E-state index contributed by atoms with van der Waals surface area (Å²) in [5, 5.41) is 15.2. The number of phenolic OH excluding ortho intramolecular Hbond substituents is 1. The van der Waals surface area contributed by atoms with E-state index in [2.05, 4.69) is 10.3 Å². The van der Waals surface area contributed by atoms with Gasteiger partial charge in [0.1, 0.15) is 11.6 Å². The van der Waals surface area contributed by atoms with E-state index >= 15 is 0 Å². The van der Waals surface area contributed by atoms with Gasteiger partial charge in [-0.15, -0.1) is 0 Å². The van der Waals surface area contributed by atoms with Gasteiger partial charge < -0.3 is 16.2 Å². The molecule has 136 valence electrons. The van der Waals surface area contributed by atoms with Gasteiger partial charge in [0.2, 0.25) is 0 Å². The Bertz CT molecular complexity index is 1050. The number of nitrogens with one attached hydrogen (secondary N) is 1. The Hall–Kier alpha value is -3.31. The standard InChI is InChI=1S/C21H18ClN3O2/c1-13(22)12-19(23)24-15-7-9-16(10-8-15)25-21(27)18-11-6-14-4-2-3-5-17(14)20(18)26/h2-12,26H,1H3,(H2,23,24)(H,25,27)/b13-12+. The third kappa shape index (κ3) is 4.46. The number of carbonyl (C=O) groups excluding carboxylic acids is 1. The van der Waals surface area contributed by atoms with E-state index in [-0.39, 0.29) is 11.3 Å². The number of fused-ring (bicyclic) bond motifs is 1. The summed E-state index contributed by atoms with van der Waals surface area (Å²) in [6, 6.07) is 17.6. The number of benzene rings is 3. The molecule has 0 spiro atoms. The second-order valence-corrected chi connectivity index (χ2v) is 6.55. The number of amidine groups is 1. The van der Waals surface area contributed by atoms with E-state index in [9.17, 15) is 9.90 Å². The van der Waals surface area contributed by atoms with Crippen LogP contribution in [0.25, 0.3) is 10.8 Å². The number of allylic oxidation sites excluding steroid dienone is 1. The first-order valence-electron chi connectivity index (χ1n) is 8.24. The van der Waals surface area contributed by atoms with Crippen molar-refractivity contribution in [2.24, 2.45) is 10.7 Å². The molecule has 0 fully saturated rings. The Morgan fingerprint density at radius 3 is 2.52 bits per heavy atom. The highest BCUT2D eigenvalue weighted by Crippen LogP contribution is 2.29. The maximum absolute atomic E-state index is 12.5. The zero-order chi connectivity index (χ0) is 19.4. The smallest absolute Gasteiger partial charge is 0.259 e. The SMILES string of the molecule is C/C(Cl)=C\C(N)=Nc1ccc(NC(=O)c2ccc3ccccc3c2O)cc1. The van der Waals surface area contributed by atoms with Crippen molar-refractivity contribution in [1.82, 2.24) is 0 Å². The van der Waals surface area contributed by atoms with Crippen LogP contribution >= 0.6 is 11.6 Å². The molecule has 0 aliphatic rings. The number of carbonyl (C=O) groups is 1. The number of halogens is 1. The number of aliphatic imine (C=N–C) groups is 1. The molecule has 3 aromatic carbocycles. The van der Waals surface area contributed by atoms with Gasteiger partial charge in [-0.2, -0.15) is 0 Å². The van der Waals surface area contributed by atoms with Crippen LogP contribution < -0.4 is 11.1 Å². The van der Waals surface area contributed by atoms with E-state index in [0.717, 1.165) is 5.39 Å². The largest absolute Gasteiger partial charge is 0.506 e. The van der Waals surface area contributed by atoms with Gasteiger partial charge >= 0.3 is 0 Å². The number of anilines is 1. The average Bonchev–Trinajstić information content (AvgIpc) is 2.63. The minimum atomic E-state index is -0.394. The fraction of sp³-hybridized carbons (Fsp3) is 0.0476. The molecule has 0 aliphatic carbocycles. The van der Waals surface area contributed by atoms with Crippen LogP contribution in [0.3, 0.4) is 0 Å². The summed E-state index contributed by atoms with van der Waals surface area (Å²) in [4.78, 5) is 16.7. The van der Waals surface area contributed by atoms with Gasteiger partial charge in [-0.25, -0.2) is 4.99 Å². The topological polar surface area (TPSA) is 87.7 Å². The molecule has 3 rings (SSSR count). The summed E-state index contributed by atoms with van der Waals surface area (Å²) in [7, 11) is 0. The van der Waals surface area contributed by atoms with Crippen molar-refractivity contribution in [3.63, 3.8) is 0 Å². The highest BCUT2D eigenvalue weighted by Gasteiger charge is 2.13. The number of rotatable bonds is 4. The summed E-state index contributed by atoms with van der Waals surface area (Å²) in [6.07, 6.45) is 1.56. The summed E-state index contributed by atoms with van der Waals surface area (Å²) >= 11 is 5.76. The van der Waals surface area contributed by atoms with E-state index in [0.29, 0.717) is 27.6 Å². The third-order valence-electron chi connectivity index (χ3n) is 3.88. The zero-order valence-corrected chi connectivity index (χ0v) is 15.4. The van der Waals surface area contributed by atoms with Gasteiger partial charge in [0.05, 0.1) is 11.3 Å². The first kappa shape index (κ1) is 18.5. The maximum Gasteiger partial charge on any atom is 0.259 e. The number of nitrogens with zero attached hydrogens (tertiary/aromatic N) is 1. The van der Waals surface area contributed by atoms with Crippen molar-refractivity contribution < 1.29 is 9.90 Å². The first-order valence-corrected chi connectivity index (χ1v) is 8.62. The second kappa shape index (κ2) is 7.93. The van der Waals surface area contributed by atoms with Crippen LogP contribution in [0.2, 0.25) is 0 Å². The Morgan fingerprint density at radius 1 is 1.11 bits per heavy atom. The molecule has 0 heterocycles. The molecule has 6 heteroatoms. The van der Waals surface area contributed by atoms with Crippen LogP contribution in [0.15, 0.2) is 76.8 Å². The zero-order valence-electron chi connectivity index (χ0n) is 14.6. The number of hydrogen-bond donors (Lipinski definition) is 3. The molecule has 1 amide bonds. The van der Waals surface area contributed by atoms with Gasteiger partial charge in [0.15, 0.2) is 0 Å². The average molecular weight is 380 g/mol. The van der Waals surface area contributed by atoms with Crippen molar-refractivity contribution in [3.05, 3.63) is 77.3 Å². The predicted octanol–water partition coefficient (Wildman–Crippen LogP) is 4.93. The van der Waals surface area contributed by atoms with Crippen LogP contribution in [-0.2, 0) is 0 Å². The number of aromatic hydroxyl groups is 1. The summed E-state index contributed by atoms with van der Waals surface area (Å²) in [5.74, 6) is -0.141. The Balaban J connectivity index is 1.79. The maximum atomic E-state index is 12.5. The van der Waals surface area contributed by atoms with Gasteiger partial charge in [-0.1, -0.05) is 41.9 Å². The Morgan fingerprint density at radius 2 is 1.81 bits per heavy atom. The van der Waals surface area contributed by atoms with Gasteiger partial charge in [0.25, 0.3) is 5.91 Å². The molecule has 0 aliphatic heterocycles. The van der Waals surface area contributed by atoms with Crippen molar-refractivity contribution in [2.75, 3.05) is 5.32 Å². The van der Waals surface area contributed by atoms with Crippen LogP contribution in [0.1, 0.15) is 17.3 Å². The Labute approximate surface area is 161 Å². The monoisotopic (exact) mass is 379 g/mol. The lowest BCUT2D eigenvalue weighted by atomic mass is 10.0. The summed E-state index contributed by atoms with van der Waals surface area (Å²) in [5.41, 5.74) is 7.18. The quantitative estimate of drug-likeness (QED) is 0.443. The van der Waals surface area contributed by atoms with Crippen LogP contribution in [-0.4, -0.2) is 16.8 Å². The molecular formula is C21H18ClN3O2. The predicted molar refractivity (Wildman–Crippen MR) is 111 cm³/mol. The molecule has 5 nitrogen and oxygen atoms in total. The van der Waals surface area contributed by atoms with Crippen molar-refractivity contribution >= 4 is 45.5 Å². The molecular weight excluding hydrogens is 362 g/mol. The van der Waals surface area contributed by atoms with Gasteiger partial charge in [-0.3, -0.25) is 4.79 Å². The van der Waals surface area contributed by atoms with Gasteiger partial charge in [0, 0.05) is 16.1 Å². The van der Waals surface area contributed by atoms with E-state index < -0.39 is 5.91 Å². The molecule has 4 N–H and O–H groups in total. The molecule has 0 saturated carbocycles. The molecule has 0 unspecified atom stereocenters. The lowest BCUT2D eigenvalue weighted by Crippen LogP contribution is -2.12. The van der Waals surface area contributed by atoms with Gasteiger partial charge in [-0.05, 0) is 48.7 Å². The van der Waals surface area contributed by atoms with E-state index in [4.69, 9.17) is 17.3 Å². The van der Waals surface area contributed by atoms with Crippen LogP contribution in [0.5, 0.6) is 5.75 Å². The Kier molecular flexibility index (Phi) is 5.43.